The zero-order valence-electron chi connectivity index (χ0n) is 12.4. The molecular formula is C16H20FN3. The molecule has 1 aromatic carbocycles. The van der Waals surface area contributed by atoms with Gasteiger partial charge in [-0.1, -0.05) is 32.0 Å². The van der Waals surface area contributed by atoms with Crippen LogP contribution < -0.4 is 0 Å². The van der Waals surface area contributed by atoms with Gasteiger partial charge in [-0.15, -0.1) is 0 Å². The molecule has 0 aliphatic heterocycles. The molecule has 1 unspecified atom stereocenters. The number of nitrogens with zero attached hydrogens (tertiary/aromatic N) is 3. The fourth-order valence-electron chi connectivity index (χ4n) is 3.38. The highest BCUT2D eigenvalue weighted by molar-refractivity contribution is 5.45. The van der Waals surface area contributed by atoms with Crippen LogP contribution in [0.2, 0.25) is 0 Å². The summed E-state index contributed by atoms with van der Waals surface area (Å²) in [5.74, 6) is 1.49. The Labute approximate surface area is 118 Å². The maximum absolute atomic E-state index is 14.3. The van der Waals surface area contributed by atoms with Crippen LogP contribution in [0, 0.1) is 18.2 Å². The minimum absolute atomic E-state index is 0.00157. The van der Waals surface area contributed by atoms with Gasteiger partial charge in [-0.2, -0.15) is 5.10 Å². The second kappa shape index (κ2) is 4.14. The molecule has 3 nitrogen and oxygen atoms in total. The molecule has 106 valence electrons. The topological polar surface area (TPSA) is 30.7 Å². The summed E-state index contributed by atoms with van der Waals surface area (Å²) in [6, 6.07) is 7.05. The third kappa shape index (κ3) is 1.63. The maximum Gasteiger partial charge on any atom is 0.147 e. The van der Waals surface area contributed by atoms with Gasteiger partial charge in [-0.25, -0.2) is 14.1 Å². The van der Waals surface area contributed by atoms with E-state index in [1.54, 1.807) is 6.07 Å². The Balaban J connectivity index is 2.23. The molecular weight excluding hydrogens is 253 g/mol. The van der Waals surface area contributed by atoms with Crippen LogP contribution >= 0.6 is 0 Å². The van der Waals surface area contributed by atoms with E-state index >= 15 is 0 Å². The highest BCUT2D eigenvalue weighted by Gasteiger charge is 2.66. The zero-order valence-corrected chi connectivity index (χ0v) is 12.4. The van der Waals surface area contributed by atoms with Crippen LogP contribution in [0.25, 0.3) is 0 Å². The molecule has 0 spiro atoms. The Morgan fingerprint density at radius 3 is 2.50 bits per heavy atom. The molecule has 2 aromatic rings. The number of hydrogen-bond acceptors (Lipinski definition) is 2. The standard InChI is InChI=1S/C16H20FN3/c1-5-20-14(18-11(2)19-20)16(10-15(16,3)4)12-8-6-7-9-13(12)17/h6-9H,5,10H2,1-4H3. The average molecular weight is 273 g/mol. The highest BCUT2D eigenvalue weighted by atomic mass is 19.1. The fourth-order valence-corrected chi connectivity index (χ4v) is 3.38. The first-order valence-corrected chi connectivity index (χ1v) is 7.09. The Morgan fingerprint density at radius 1 is 1.30 bits per heavy atom. The van der Waals surface area contributed by atoms with E-state index in [9.17, 15) is 4.39 Å². The molecule has 3 rings (SSSR count). The predicted octanol–water partition coefficient (Wildman–Crippen LogP) is 3.46. The minimum atomic E-state index is -0.352. The normalized spacial score (nSPS) is 23.9. The maximum atomic E-state index is 14.3. The SMILES string of the molecule is CCn1nc(C)nc1C1(c2ccccc2F)CC1(C)C. The minimum Gasteiger partial charge on any atom is -0.249 e. The lowest BCUT2D eigenvalue weighted by molar-refractivity contribution is 0.474. The Morgan fingerprint density at radius 2 is 1.95 bits per heavy atom. The first-order chi connectivity index (χ1) is 9.42. The summed E-state index contributed by atoms with van der Waals surface area (Å²) >= 11 is 0. The van der Waals surface area contributed by atoms with Gasteiger partial charge < -0.3 is 0 Å². The van der Waals surface area contributed by atoms with Crippen molar-refractivity contribution in [3.8, 4) is 0 Å². The van der Waals surface area contributed by atoms with Crippen LogP contribution in [-0.2, 0) is 12.0 Å². The van der Waals surface area contributed by atoms with Crippen LogP contribution in [0.3, 0.4) is 0 Å². The van der Waals surface area contributed by atoms with Gasteiger partial charge in [0.2, 0.25) is 0 Å². The zero-order chi connectivity index (χ0) is 14.5. The van der Waals surface area contributed by atoms with Gasteiger partial charge in [0.1, 0.15) is 17.5 Å². The molecule has 0 bridgehead atoms. The molecule has 1 aliphatic rings. The van der Waals surface area contributed by atoms with Crippen LogP contribution in [0.4, 0.5) is 4.39 Å². The fraction of sp³-hybridized carbons (Fsp3) is 0.500. The molecule has 0 N–H and O–H groups in total. The Hall–Kier alpha value is -1.71. The van der Waals surface area contributed by atoms with Gasteiger partial charge in [-0.3, -0.25) is 0 Å². The van der Waals surface area contributed by atoms with Crippen LogP contribution in [-0.4, -0.2) is 14.8 Å². The highest BCUT2D eigenvalue weighted by Crippen LogP contribution is 2.67. The molecule has 20 heavy (non-hydrogen) atoms. The summed E-state index contributed by atoms with van der Waals surface area (Å²) < 4.78 is 16.3. The van der Waals surface area contributed by atoms with E-state index in [0.717, 1.165) is 30.2 Å². The summed E-state index contributed by atoms with van der Waals surface area (Å²) in [6.07, 6.45) is 0.902. The number of aromatic nitrogens is 3. The molecule has 1 saturated carbocycles. The van der Waals surface area contributed by atoms with Crippen LogP contribution in [0.5, 0.6) is 0 Å². The first kappa shape index (κ1) is 13.3. The molecule has 1 fully saturated rings. The van der Waals surface area contributed by atoms with Crippen molar-refractivity contribution in [3.05, 3.63) is 47.3 Å². The van der Waals surface area contributed by atoms with Crippen molar-refractivity contribution < 1.29 is 4.39 Å². The smallest absolute Gasteiger partial charge is 0.147 e. The molecule has 1 aliphatic carbocycles. The summed E-state index contributed by atoms with van der Waals surface area (Å²) in [7, 11) is 0. The van der Waals surface area contributed by atoms with E-state index < -0.39 is 0 Å². The lowest BCUT2D eigenvalue weighted by atomic mass is 9.86. The summed E-state index contributed by atoms with van der Waals surface area (Å²) in [5, 5.41) is 4.44. The number of benzene rings is 1. The summed E-state index contributed by atoms with van der Waals surface area (Å²) in [4.78, 5) is 4.61. The largest absolute Gasteiger partial charge is 0.249 e. The van der Waals surface area contributed by atoms with Crippen LogP contribution in [0.15, 0.2) is 24.3 Å². The van der Waals surface area contributed by atoms with Gasteiger partial charge >= 0.3 is 0 Å². The molecule has 0 radical (unpaired) electrons. The van der Waals surface area contributed by atoms with Gasteiger partial charge in [-0.05, 0) is 31.7 Å². The van der Waals surface area contributed by atoms with E-state index in [2.05, 4.69) is 23.9 Å². The van der Waals surface area contributed by atoms with E-state index in [-0.39, 0.29) is 16.6 Å². The molecule has 4 heteroatoms. The van der Waals surface area contributed by atoms with E-state index in [1.807, 2.05) is 30.7 Å². The van der Waals surface area contributed by atoms with E-state index in [0.29, 0.717) is 0 Å². The summed E-state index contributed by atoms with van der Waals surface area (Å²) in [5.41, 5.74) is 0.393. The molecule has 1 aromatic heterocycles. The second-order valence-corrected chi connectivity index (χ2v) is 6.24. The van der Waals surface area contributed by atoms with Crippen LogP contribution in [0.1, 0.15) is 44.4 Å². The quantitative estimate of drug-likeness (QED) is 0.857. The van der Waals surface area contributed by atoms with Crippen molar-refractivity contribution in [3.63, 3.8) is 0 Å². The van der Waals surface area contributed by atoms with Crippen molar-refractivity contribution in [2.75, 3.05) is 0 Å². The lowest BCUT2D eigenvalue weighted by Crippen LogP contribution is -2.23. The number of rotatable bonds is 3. The number of halogens is 1. The Bertz CT molecular complexity index is 659. The van der Waals surface area contributed by atoms with Gasteiger partial charge in [0, 0.05) is 12.1 Å². The van der Waals surface area contributed by atoms with Crippen molar-refractivity contribution in [1.82, 2.24) is 14.8 Å². The average Bonchev–Trinajstić information content (AvgIpc) is 2.78. The summed E-state index contributed by atoms with van der Waals surface area (Å²) in [6.45, 7) is 9.03. The van der Waals surface area contributed by atoms with E-state index in [4.69, 9.17) is 0 Å². The first-order valence-electron chi connectivity index (χ1n) is 7.09. The predicted molar refractivity (Wildman–Crippen MR) is 76.0 cm³/mol. The van der Waals surface area contributed by atoms with E-state index in [1.165, 1.54) is 6.07 Å². The third-order valence-corrected chi connectivity index (χ3v) is 4.53. The molecule has 1 heterocycles. The van der Waals surface area contributed by atoms with Crippen molar-refractivity contribution in [2.45, 2.75) is 46.1 Å². The van der Waals surface area contributed by atoms with Crippen molar-refractivity contribution in [1.29, 1.82) is 0 Å². The third-order valence-electron chi connectivity index (χ3n) is 4.53. The number of aryl methyl sites for hydroxylation is 2. The molecule has 0 amide bonds. The molecule has 0 saturated heterocycles. The van der Waals surface area contributed by atoms with Gasteiger partial charge in [0.25, 0.3) is 0 Å². The molecule has 1 atom stereocenters. The lowest BCUT2D eigenvalue weighted by Gasteiger charge is -2.21. The van der Waals surface area contributed by atoms with Gasteiger partial charge in [0.05, 0.1) is 5.41 Å². The van der Waals surface area contributed by atoms with Crippen molar-refractivity contribution in [2.24, 2.45) is 5.41 Å². The monoisotopic (exact) mass is 273 g/mol. The Kier molecular flexibility index (Phi) is 2.75. The van der Waals surface area contributed by atoms with Gasteiger partial charge in [0.15, 0.2) is 0 Å². The van der Waals surface area contributed by atoms with Crippen molar-refractivity contribution >= 4 is 0 Å². The number of hydrogen-bond donors (Lipinski definition) is 0. The second-order valence-electron chi connectivity index (χ2n) is 6.24.